The second-order valence-corrected chi connectivity index (χ2v) is 3.48. The molecule has 2 aromatic rings. The first-order chi connectivity index (χ1) is 8.10. The van der Waals surface area contributed by atoms with Gasteiger partial charge in [0.1, 0.15) is 6.61 Å². The summed E-state index contributed by atoms with van der Waals surface area (Å²) < 4.78 is 22.9. The molecule has 1 aromatic heterocycles. The number of amides is 1. The van der Waals surface area contributed by atoms with E-state index in [2.05, 4.69) is 9.72 Å². The number of aromatic amines is 1. The quantitative estimate of drug-likeness (QED) is 0.857. The molecule has 5 nitrogen and oxygen atoms in total. The molecule has 0 aliphatic heterocycles. The molecule has 0 aliphatic carbocycles. The normalized spacial score (nSPS) is 10.5. The number of carbonyl (C=O) groups is 1. The second-order valence-electron chi connectivity index (χ2n) is 3.48. The van der Waals surface area contributed by atoms with Crippen LogP contribution in [0.3, 0.4) is 0 Å². The molecule has 0 radical (unpaired) electrons. The maximum absolute atomic E-state index is 13.4. The zero-order valence-corrected chi connectivity index (χ0v) is 9.12. The highest BCUT2D eigenvalue weighted by Crippen LogP contribution is 2.25. The predicted molar refractivity (Wildman–Crippen MR) is 59.2 cm³/mol. The Morgan fingerprint density at radius 1 is 1.47 bits per heavy atom. The van der Waals surface area contributed by atoms with E-state index >= 15 is 0 Å². The molecule has 0 spiro atoms. The van der Waals surface area contributed by atoms with Gasteiger partial charge in [0.25, 0.3) is 0 Å². The van der Waals surface area contributed by atoms with Crippen molar-refractivity contribution < 1.29 is 18.7 Å². The Bertz CT molecular complexity index is 565. The van der Waals surface area contributed by atoms with Gasteiger partial charge < -0.3 is 20.2 Å². The van der Waals surface area contributed by atoms with Gasteiger partial charge in [-0.25, -0.2) is 9.18 Å². The highest BCUT2D eigenvalue weighted by atomic mass is 19.1. The number of fused-ring (bicyclic) bond motifs is 1. The van der Waals surface area contributed by atoms with E-state index in [0.29, 0.717) is 16.6 Å². The van der Waals surface area contributed by atoms with E-state index in [0.717, 1.165) is 0 Å². The largest absolute Gasteiger partial charge is 0.494 e. The van der Waals surface area contributed by atoms with Gasteiger partial charge in [-0.2, -0.15) is 0 Å². The zero-order chi connectivity index (χ0) is 12.4. The number of hydrogen-bond acceptors (Lipinski definition) is 3. The number of nitrogens with one attached hydrogen (secondary N) is 1. The topological polar surface area (TPSA) is 77.3 Å². The number of ether oxygens (including phenoxy) is 2. The molecule has 3 N–H and O–H groups in total. The van der Waals surface area contributed by atoms with Gasteiger partial charge in [0.05, 0.1) is 12.8 Å². The highest BCUT2D eigenvalue weighted by molar-refractivity contribution is 5.82. The second kappa shape index (κ2) is 4.32. The van der Waals surface area contributed by atoms with Crippen molar-refractivity contribution in [2.45, 2.75) is 6.61 Å². The Balaban J connectivity index is 2.33. The van der Waals surface area contributed by atoms with Gasteiger partial charge in [0, 0.05) is 17.0 Å². The van der Waals surface area contributed by atoms with Gasteiger partial charge >= 0.3 is 6.09 Å². The van der Waals surface area contributed by atoms with Crippen LogP contribution in [0.25, 0.3) is 10.9 Å². The van der Waals surface area contributed by atoms with Crippen molar-refractivity contribution in [3.8, 4) is 5.75 Å². The standard InChI is InChI=1S/C11H11FN2O3/c1-16-10-4-9-6(3-8(10)12)2-7(14-9)5-17-11(13)15/h2-4,14H,5H2,1H3,(H2,13,15). The van der Waals surface area contributed by atoms with Crippen molar-refractivity contribution in [1.29, 1.82) is 0 Å². The molecule has 0 fully saturated rings. The molecule has 0 atom stereocenters. The molecular weight excluding hydrogens is 227 g/mol. The minimum atomic E-state index is -0.854. The molecule has 1 aromatic carbocycles. The van der Waals surface area contributed by atoms with Crippen molar-refractivity contribution in [3.63, 3.8) is 0 Å². The molecule has 0 bridgehead atoms. The van der Waals surface area contributed by atoms with Crippen LogP contribution in [-0.4, -0.2) is 18.2 Å². The van der Waals surface area contributed by atoms with Crippen LogP contribution >= 0.6 is 0 Å². The number of primary amides is 1. The molecule has 0 saturated heterocycles. The molecular formula is C11H11FN2O3. The maximum Gasteiger partial charge on any atom is 0.404 e. The van der Waals surface area contributed by atoms with E-state index in [1.807, 2.05) is 0 Å². The Morgan fingerprint density at radius 2 is 2.24 bits per heavy atom. The maximum atomic E-state index is 13.4. The van der Waals surface area contributed by atoms with E-state index in [9.17, 15) is 9.18 Å². The lowest BCUT2D eigenvalue weighted by atomic mass is 10.2. The van der Waals surface area contributed by atoms with Crippen molar-refractivity contribution >= 4 is 17.0 Å². The Labute approximate surface area is 96.3 Å². The summed E-state index contributed by atoms with van der Waals surface area (Å²) in [6.45, 7) is 0.0218. The number of H-pyrrole nitrogens is 1. The summed E-state index contributed by atoms with van der Waals surface area (Å²) in [5.41, 5.74) is 6.18. The average molecular weight is 238 g/mol. The zero-order valence-electron chi connectivity index (χ0n) is 9.12. The minimum absolute atomic E-state index is 0.0218. The van der Waals surface area contributed by atoms with Gasteiger partial charge in [-0.3, -0.25) is 0 Å². The van der Waals surface area contributed by atoms with Crippen LogP contribution in [-0.2, 0) is 11.3 Å². The predicted octanol–water partition coefficient (Wildman–Crippen LogP) is 1.91. The number of benzene rings is 1. The van der Waals surface area contributed by atoms with Crippen LogP contribution in [0.1, 0.15) is 5.69 Å². The van der Waals surface area contributed by atoms with E-state index < -0.39 is 11.9 Å². The van der Waals surface area contributed by atoms with Gasteiger partial charge in [-0.1, -0.05) is 0 Å². The van der Waals surface area contributed by atoms with Crippen LogP contribution in [0, 0.1) is 5.82 Å². The van der Waals surface area contributed by atoms with E-state index in [1.165, 1.54) is 13.2 Å². The summed E-state index contributed by atoms with van der Waals surface area (Å²) in [4.78, 5) is 13.4. The summed E-state index contributed by atoms with van der Waals surface area (Å²) in [5.74, 6) is -0.289. The summed E-state index contributed by atoms with van der Waals surface area (Å²) >= 11 is 0. The first kappa shape index (κ1) is 11.3. The summed E-state index contributed by atoms with van der Waals surface area (Å²) in [5, 5.41) is 0.673. The Kier molecular flexibility index (Phi) is 2.86. The Morgan fingerprint density at radius 3 is 2.88 bits per heavy atom. The van der Waals surface area contributed by atoms with Crippen molar-refractivity contribution in [3.05, 3.63) is 29.7 Å². The lowest BCUT2D eigenvalue weighted by Crippen LogP contribution is -2.12. The number of carbonyl (C=O) groups excluding carboxylic acids is 1. The SMILES string of the molecule is COc1cc2[nH]c(COC(N)=O)cc2cc1F. The summed E-state index contributed by atoms with van der Waals surface area (Å²) in [7, 11) is 1.39. The molecule has 0 saturated carbocycles. The van der Waals surface area contributed by atoms with Crippen LogP contribution in [0.5, 0.6) is 5.75 Å². The molecule has 1 amide bonds. The number of hydrogen-bond donors (Lipinski definition) is 2. The number of methoxy groups -OCH3 is 1. The van der Waals surface area contributed by atoms with E-state index in [4.69, 9.17) is 10.5 Å². The van der Waals surface area contributed by atoms with E-state index in [-0.39, 0.29) is 12.4 Å². The minimum Gasteiger partial charge on any atom is -0.494 e. The third-order valence-corrected chi connectivity index (χ3v) is 2.32. The Hall–Kier alpha value is -2.24. The highest BCUT2D eigenvalue weighted by Gasteiger charge is 2.08. The lowest BCUT2D eigenvalue weighted by molar-refractivity contribution is 0.149. The van der Waals surface area contributed by atoms with Crippen LogP contribution in [0.4, 0.5) is 9.18 Å². The number of nitrogens with two attached hydrogens (primary N) is 1. The number of rotatable bonds is 3. The van der Waals surface area contributed by atoms with Crippen molar-refractivity contribution in [1.82, 2.24) is 4.98 Å². The van der Waals surface area contributed by atoms with Crippen molar-refractivity contribution in [2.75, 3.05) is 7.11 Å². The number of aromatic nitrogens is 1. The number of halogens is 1. The molecule has 0 unspecified atom stereocenters. The van der Waals surface area contributed by atoms with Crippen LogP contribution < -0.4 is 10.5 Å². The fraction of sp³-hybridized carbons (Fsp3) is 0.182. The molecule has 0 aliphatic rings. The summed E-state index contributed by atoms with van der Waals surface area (Å²) in [6.07, 6.45) is -0.854. The lowest BCUT2D eigenvalue weighted by Gasteiger charge is -2.00. The molecule has 6 heteroatoms. The molecule has 1 heterocycles. The van der Waals surface area contributed by atoms with Gasteiger partial charge in [-0.15, -0.1) is 0 Å². The first-order valence-electron chi connectivity index (χ1n) is 4.87. The third-order valence-electron chi connectivity index (χ3n) is 2.32. The fourth-order valence-electron chi connectivity index (χ4n) is 1.58. The fourth-order valence-corrected chi connectivity index (χ4v) is 1.58. The molecule has 90 valence electrons. The summed E-state index contributed by atoms with van der Waals surface area (Å²) in [6, 6.07) is 4.57. The first-order valence-corrected chi connectivity index (χ1v) is 4.87. The van der Waals surface area contributed by atoms with Gasteiger partial charge in [0.15, 0.2) is 11.6 Å². The molecule has 17 heavy (non-hydrogen) atoms. The van der Waals surface area contributed by atoms with Crippen LogP contribution in [0.15, 0.2) is 18.2 Å². The van der Waals surface area contributed by atoms with Crippen LogP contribution in [0.2, 0.25) is 0 Å². The smallest absolute Gasteiger partial charge is 0.404 e. The van der Waals surface area contributed by atoms with Gasteiger partial charge in [0.2, 0.25) is 0 Å². The van der Waals surface area contributed by atoms with Gasteiger partial charge in [-0.05, 0) is 12.1 Å². The monoisotopic (exact) mass is 238 g/mol. The average Bonchev–Trinajstić information content (AvgIpc) is 2.67. The third kappa shape index (κ3) is 2.30. The van der Waals surface area contributed by atoms with Crippen molar-refractivity contribution in [2.24, 2.45) is 5.73 Å². The molecule has 2 rings (SSSR count). The van der Waals surface area contributed by atoms with E-state index in [1.54, 1.807) is 12.1 Å².